The fourth-order valence-corrected chi connectivity index (χ4v) is 5.56. The number of amides is 3. The molecule has 1 atom stereocenters. The SMILES string of the molecule is [2H]C1(N2C(=O)c3cccc(OCc4cccc(CN5CC(C)(C)OC(C)(C)C5)c4F)c3C2([2H])[2H])CCC(=O)NC1=O. The summed E-state index contributed by atoms with van der Waals surface area (Å²) in [6.45, 7) is 6.84. The van der Waals surface area contributed by atoms with Crippen LogP contribution in [0.2, 0.25) is 0 Å². The summed E-state index contributed by atoms with van der Waals surface area (Å²) in [5.41, 5.74) is -0.226. The Morgan fingerprint density at radius 2 is 1.79 bits per heavy atom. The molecule has 2 fully saturated rings. The zero-order valence-corrected chi connectivity index (χ0v) is 22.0. The first-order valence-electron chi connectivity index (χ1n) is 14.2. The number of hydrogen-bond donors (Lipinski definition) is 1. The first-order valence-corrected chi connectivity index (χ1v) is 12.7. The number of piperidine rings is 1. The molecule has 3 heterocycles. The molecular weight excluding hydrogens is 489 g/mol. The van der Waals surface area contributed by atoms with E-state index >= 15 is 4.39 Å². The van der Waals surface area contributed by atoms with Gasteiger partial charge in [0.2, 0.25) is 11.8 Å². The number of rotatable bonds is 6. The maximum Gasteiger partial charge on any atom is 0.255 e. The molecule has 3 amide bonds. The summed E-state index contributed by atoms with van der Waals surface area (Å²) >= 11 is 0. The van der Waals surface area contributed by atoms with E-state index in [1.54, 1.807) is 18.2 Å². The molecule has 9 heteroatoms. The second-order valence-corrected chi connectivity index (χ2v) is 11.2. The van der Waals surface area contributed by atoms with Gasteiger partial charge in [-0.3, -0.25) is 24.6 Å². The Morgan fingerprint density at radius 3 is 2.50 bits per heavy atom. The zero-order valence-electron chi connectivity index (χ0n) is 25.0. The molecule has 3 aliphatic rings. The van der Waals surface area contributed by atoms with Gasteiger partial charge in [0.15, 0.2) is 0 Å². The number of morpholine rings is 1. The van der Waals surface area contributed by atoms with Gasteiger partial charge in [-0.05, 0) is 46.2 Å². The van der Waals surface area contributed by atoms with Gasteiger partial charge in [-0.25, -0.2) is 4.39 Å². The van der Waals surface area contributed by atoms with Crippen molar-refractivity contribution in [3.05, 3.63) is 64.5 Å². The highest BCUT2D eigenvalue weighted by Crippen LogP contribution is 2.34. The number of hydrogen-bond acceptors (Lipinski definition) is 6. The quantitative estimate of drug-likeness (QED) is 0.580. The van der Waals surface area contributed by atoms with Crippen molar-refractivity contribution < 1.29 is 32.4 Å². The van der Waals surface area contributed by atoms with Crippen LogP contribution >= 0.6 is 0 Å². The summed E-state index contributed by atoms with van der Waals surface area (Å²) < 4.78 is 54.0. The van der Waals surface area contributed by atoms with E-state index in [1.807, 2.05) is 33.0 Å². The number of carbonyl (C=O) groups excluding carboxylic acids is 3. The molecule has 202 valence electrons. The van der Waals surface area contributed by atoms with Crippen LogP contribution in [0.4, 0.5) is 4.39 Å². The van der Waals surface area contributed by atoms with Crippen molar-refractivity contribution in [3.8, 4) is 5.75 Å². The van der Waals surface area contributed by atoms with Crippen molar-refractivity contribution in [1.82, 2.24) is 15.1 Å². The Balaban J connectivity index is 1.38. The van der Waals surface area contributed by atoms with Gasteiger partial charge < -0.3 is 14.4 Å². The fourth-order valence-electron chi connectivity index (χ4n) is 5.56. The monoisotopic (exact) mass is 526 g/mol. The van der Waals surface area contributed by atoms with Crippen molar-refractivity contribution in [2.24, 2.45) is 0 Å². The minimum atomic E-state index is -2.60. The van der Waals surface area contributed by atoms with Gasteiger partial charge in [0, 0.05) is 48.3 Å². The van der Waals surface area contributed by atoms with E-state index in [1.165, 1.54) is 18.2 Å². The van der Waals surface area contributed by atoms with Crippen LogP contribution < -0.4 is 10.1 Å². The van der Waals surface area contributed by atoms with E-state index in [0.717, 1.165) is 0 Å². The maximum absolute atomic E-state index is 15.7. The van der Waals surface area contributed by atoms with Crippen molar-refractivity contribution >= 4 is 17.7 Å². The van der Waals surface area contributed by atoms with E-state index < -0.39 is 36.1 Å². The Kier molecular flexibility index (Phi) is 5.83. The van der Waals surface area contributed by atoms with Crippen LogP contribution in [-0.4, -0.2) is 57.8 Å². The first kappa shape index (κ1) is 22.7. The lowest BCUT2D eigenvalue weighted by Gasteiger charge is -2.47. The van der Waals surface area contributed by atoms with E-state index in [2.05, 4.69) is 4.90 Å². The van der Waals surface area contributed by atoms with Gasteiger partial charge in [0.1, 0.15) is 24.2 Å². The number of nitrogens with one attached hydrogen (secondary N) is 1. The Bertz CT molecular complexity index is 1420. The number of benzene rings is 2. The van der Waals surface area contributed by atoms with E-state index in [4.69, 9.17) is 13.6 Å². The van der Waals surface area contributed by atoms with Crippen LogP contribution in [-0.2, 0) is 34.0 Å². The molecule has 2 aromatic rings. The van der Waals surface area contributed by atoms with Crippen molar-refractivity contribution in [2.75, 3.05) is 13.1 Å². The molecule has 0 aliphatic carbocycles. The third-order valence-corrected chi connectivity index (χ3v) is 6.75. The number of ether oxygens (including phenoxy) is 2. The summed E-state index contributed by atoms with van der Waals surface area (Å²) in [7, 11) is 0. The van der Waals surface area contributed by atoms with E-state index in [0.29, 0.717) is 30.1 Å². The number of carbonyl (C=O) groups is 3. The highest BCUT2D eigenvalue weighted by atomic mass is 19.1. The summed E-state index contributed by atoms with van der Waals surface area (Å²) in [5, 5.41) is 2.03. The average Bonchev–Trinajstić information content (AvgIpc) is 3.06. The molecule has 0 aromatic heterocycles. The Hall–Kier alpha value is -3.30. The molecule has 8 nitrogen and oxygen atoms in total. The van der Waals surface area contributed by atoms with Gasteiger partial charge >= 0.3 is 0 Å². The predicted molar refractivity (Wildman–Crippen MR) is 138 cm³/mol. The van der Waals surface area contributed by atoms with Crippen LogP contribution in [0.3, 0.4) is 0 Å². The number of imide groups is 1. The number of halogens is 1. The Morgan fingerprint density at radius 1 is 1.11 bits per heavy atom. The third kappa shape index (κ3) is 5.31. The number of nitrogens with zero attached hydrogens (tertiary/aromatic N) is 2. The Labute approximate surface area is 226 Å². The topological polar surface area (TPSA) is 88.2 Å². The molecule has 2 aromatic carbocycles. The van der Waals surface area contributed by atoms with Gasteiger partial charge in [0.25, 0.3) is 5.91 Å². The normalized spacial score (nSPS) is 27.2. The fraction of sp³-hybridized carbons (Fsp3) is 0.483. The molecule has 0 spiro atoms. The molecular formula is C29H34FN3O5. The zero-order chi connectivity index (χ0) is 30.0. The molecule has 0 radical (unpaired) electrons. The lowest BCUT2D eigenvalue weighted by Crippen LogP contribution is -2.56. The van der Waals surface area contributed by atoms with Crippen molar-refractivity contribution in [3.63, 3.8) is 0 Å². The molecule has 38 heavy (non-hydrogen) atoms. The second-order valence-electron chi connectivity index (χ2n) is 11.2. The molecule has 1 N–H and O–H groups in total. The highest BCUT2D eigenvalue weighted by Gasteiger charge is 2.40. The lowest BCUT2D eigenvalue weighted by molar-refractivity contribution is -0.182. The molecule has 2 saturated heterocycles. The molecule has 0 saturated carbocycles. The molecule has 1 unspecified atom stereocenters. The van der Waals surface area contributed by atoms with Gasteiger partial charge in [-0.15, -0.1) is 0 Å². The predicted octanol–water partition coefficient (Wildman–Crippen LogP) is 3.56. The summed E-state index contributed by atoms with van der Waals surface area (Å²) in [4.78, 5) is 40.3. The van der Waals surface area contributed by atoms with Gasteiger partial charge in [0.05, 0.1) is 21.8 Å². The van der Waals surface area contributed by atoms with Crippen LogP contribution in [0.1, 0.15) is 71.7 Å². The van der Waals surface area contributed by atoms with Crippen LogP contribution in [0.25, 0.3) is 0 Å². The van der Waals surface area contributed by atoms with Crippen LogP contribution in [0.15, 0.2) is 36.4 Å². The van der Waals surface area contributed by atoms with E-state index in [9.17, 15) is 14.4 Å². The minimum Gasteiger partial charge on any atom is -0.488 e. The molecule has 3 aliphatic heterocycles. The van der Waals surface area contributed by atoms with Gasteiger partial charge in [-0.2, -0.15) is 0 Å². The highest BCUT2D eigenvalue weighted by molar-refractivity contribution is 6.05. The second kappa shape index (κ2) is 9.78. The minimum absolute atomic E-state index is 0.000672. The maximum atomic E-state index is 15.7. The summed E-state index contributed by atoms with van der Waals surface area (Å²) in [5.74, 6) is -2.94. The molecule has 0 bridgehead atoms. The first-order chi connectivity index (χ1) is 19.0. The summed E-state index contributed by atoms with van der Waals surface area (Å²) in [6, 6.07) is 7.08. The average molecular weight is 527 g/mol. The van der Waals surface area contributed by atoms with Crippen LogP contribution in [0.5, 0.6) is 5.75 Å². The van der Waals surface area contributed by atoms with Crippen LogP contribution in [0, 0.1) is 5.82 Å². The summed E-state index contributed by atoms with van der Waals surface area (Å²) in [6.07, 6.45) is -0.549. The van der Waals surface area contributed by atoms with Gasteiger partial charge in [-0.1, -0.05) is 24.3 Å². The largest absolute Gasteiger partial charge is 0.488 e. The number of fused-ring (bicyclic) bond motifs is 1. The van der Waals surface area contributed by atoms with E-state index in [-0.39, 0.29) is 53.1 Å². The lowest BCUT2D eigenvalue weighted by atomic mass is 9.98. The smallest absolute Gasteiger partial charge is 0.255 e. The molecule has 5 rings (SSSR count). The van der Waals surface area contributed by atoms with Crippen molar-refractivity contribution in [1.29, 1.82) is 0 Å². The van der Waals surface area contributed by atoms with Crippen molar-refractivity contribution in [2.45, 2.75) is 77.4 Å². The third-order valence-electron chi connectivity index (χ3n) is 6.75. The standard InChI is InChI=1S/C29H34FN3O5/c1-28(2)16-32(17-29(3,4)38-28)13-18-7-5-8-19(25(18)30)15-37-23-10-6-9-20-21(23)14-33(27(20)36)22-11-12-24(34)31-26(22)35/h5-10,22H,11-17H2,1-4H3,(H,31,34,35)/i14D2,22D.